The smallest absolute Gasteiger partial charge is 0.356 e. The minimum Gasteiger partial charge on any atom is -0.448 e. The van der Waals surface area contributed by atoms with Crippen molar-refractivity contribution >= 4 is 63.7 Å². The van der Waals surface area contributed by atoms with Gasteiger partial charge in [-0.25, -0.2) is 9.78 Å². The Morgan fingerprint density at radius 1 is 1.05 bits per heavy atom. The van der Waals surface area contributed by atoms with Crippen molar-refractivity contribution in [3.63, 3.8) is 0 Å². The molecule has 43 heavy (non-hydrogen) atoms. The Kier molecular flexibility index (Phi) is 7.64. The molecule has 2 aliphatic rings. The van der Waals surface area contributed by atoms with Crippen LogP contribution < -0.4 is 5.32 Å². The maximum Gasteiger partial charge on any atom is 0.356 e. The minimum atomic E-state index is -0.629. The molecule has 0 spiro atoms. The van der Waals surface area contributed by atoms with E-state index in [1.54, 1.807) is 16.7 Å². The number of esters is 1. The number of fused-ring (bicyclic) bond motifs is 2. The van der Waals surface area contributed by atoms with Crippen LogP contribution in [0.15, 0.2) is 101 Å². The van der Waals surface area contributed by atoms with E-state index in [4.69, 9.17) is 4.74 Å². The van der Waals surface area contributed by atoms with Gasteiger partial charge in [0.05, 0.1) is 11.0 Å². The number of H-pyrrole nitrogens is 1. The summed E-state index contributed by atoms with van der Waals surface area (Å²) >= 11 is 4.64. The molecule has 3 aromatic carbocycles. The summed E-state index contributed by atoms with van der Waals surface area (Å²) in [6.45, 7) is 1.91. The number of aryl methyl sites for hydroxylation is 1. The molecule has 12 heteroatoms. The van der Waals surface area contributed by atoms with Gasteiger partial charge in [0.1, 0.15) is 22.1 Å². The molecular weight excluding hydrogens is 601 g/mol. The average molecular weight is 627 g/mol. The van der Waals surface area contributed by atoms with Gasteiger partial charge in [0.2, 0.25) is 5.95 Å². The Labute approximate surface area is 260 Å². The van der Waals surface area contributed by atoms with Crippen molar-refractivity contribution in [2.45, 2.75) is 28.8 Å². The van der Waals surface area contributed by atoms with Crippen LogP contribution in [0.4, 0.5) is 5.95 Å². The van der Waals surface area contributed by atoms with Crippen molar-refractivity contribution in [1.82, 2.24) is 25.1 Å². The van der Waals surface area contributed by atoms with Gasteiger partial charge < -0.3 is 15.0 Å². The Morgan fingerprint density at radius 2 is 1.74 bits per heavy atom. The van der Waals surface area contributed by atoms with Crippen LogP contribution in [0.1, 0.15) is 22.2 Å². The van der Waals surface area contributed by atoms with Gasteiger partial charge in [-0.3, -0.25) is 9.69 Å². The number of nitrogens with zero attached hydrogens (tertiary/aromatic N) is 4. The molecule has 0 radical (unpaired) electrons. The van der Waals surface area contributed by atoms with E-state index in [2.05, 4.69) is 25.5 Å². The molecule has 0 aliphatic carbocycles. The fourth-order valence-electron chi connectivity index (χ4n) is 5.18. The Hall–Kier alpha value is -4.13. The van der Waals surface area contributed by atoms with Crippen LogP contribution in [0.3, 0.4) is 0 Å². The molecule has 0 bridgehead atoms. The lowest BCUT2D eigenvalue weighted by Crippen LogP contribution is -2.67. The topological polar surface area (TPSA) is 113 Å². The molecule has 9 nitrogen and oxygen atoms in total. The number of anilines is 1. The number of hydrogen-bond acceptors (Lipinski definition) is 10. The molecular formula is C31H26N6O3S3. The highest BCUT2D eigenvalue weighted by Gasteiger charge is 2.54. The summed E-state index contributed by atoms with van der Waals surface area (Å²) < 4.78 is 7.08. The summed E-state index contributed by atoms with van der Waals surface area (Å²) in [6, 6.07) is 26.5. The number of imidazole rings is 1. The monoisotopic (exact) mass is 626 g/mol. The second kappa shape index (κ2) is 11.9. The number of thioether (sulfide) groups is 2. The van der Waals surface area contributed by atoms with Crippen molar-refractivity contribution < 1.29 is 14.3 Å². The fraction of sp³-hybridized carbons (Fsp3) is 0.194. The summed E-state index contributed by atoms with van der Waals surface area (Å²) in [4.78, 5) is 37.3. The lowest BCUT2D eigenvalue weighted by Gasteiger charge is -2.49. The van der Waals surface area contributed by atoms with Gasteiger partial charge in [0.15, 0.2) is 10.4 Å². The number of benzene rings is 3. The molecule has 2 atom stereocenters. The Bertz CT molecular complexity index is 1750. The fourth-order valence-corrected chi connectivity index (χ4v) is 8.48. The minimum absolute atomic E-state index is 0.199. The van der Waals surface area contributed by atoms with Crippen LogP contribution in [-0.2, 0) is 14.3 Å². The summed E-state index contributed by atoms with van der Waals surface area (Å²) in [5.74, 6) is 0.862. The number of para-hydroxylation sites is 2. The van der Waals surface area contributed by atoms with E-state index in [-0.39, 0.29) is 11.3 Å². The number of carbonyl (C=O) groups excluding carboxylic acids is 2. The molecule has 4 heterocycles. The highest BCUT2D eigenvalue weighted by molar-refractivity contribution is 8.01. The van der Waals surface area contributed by atoms with E-state index in [9.17, 15) is 9.59 Å². The zero-order chi connectivity index (χ0) is 29.3. The summed E-state index contributed by atoms with van der Waals surface area (Å²) in [5, 5.41) is 12.2. The van der Waals surface area contributed by atoms with Gasteiger partial charge in [-0.05, 0) is 35.8 Å². The molecule has 1 amide bonds. The summed E-state index contributed by atoms with van der Waals surface area (Å²) in [5.41, 5.74) is 4.54. The first kappa shape index (κ1) is 27.7. The largest absolute Gasteiger partial charge is 0.448 e. The van der Waals surface area contributed by atoms with Crippen molar-refractivity contribution in [2.75, 3.05) is 16.8 Å². The highest BCUT2D eigenvalue weighted by Crippen LogP contribution is 2.43. The van der Waals surface area contributed by atoms with Gasteiger partial charge in [0, 0.05) is 11.5 Å². The number of hydrogen-bond donors (Lipinski definition) is 2. The second-order valence-corrected chi connectivity index (χ2v) is 13.6. The first-order valence-corrected chi connectivity index (χ1v) is 16.5. The maximum atomic E-state index is 14.1. The highest BCUT2D eigenvalue weighted by atomic mass is 32.2. The number of amides is 1. The number of carbonyl (C=O) groups is 2. The maximum absolute atomic E-state index is 14.1. The van der Waals surface area contributed by atoms with Crippen LogP contribution in [0.25, 0.3) is 11.0 Å². The SMILES string of the molecule is Cc1nnc(SCC2=C(C(=O)OC(c3ccccc3)c3ccccc3)N3C(=O)[C@@H](Nc4nc5ccccc5[nH]4)[C@H]3SC2)s1. The zero-order valence-electron chi connectivity index (χ0n) is 23.0. The Balaban J connectivity index is 1.19. The van der Waals surface area contributed by atoms with Gasteiger partial charge in [-0.15, -0.1) is 22.0 Å². The van der Waals surface area contributed by atoms with E-state index in [0.29, 0.717) is 23.2 Å². The van der Waals surface area contributed by atoms with E-state index in [1.807, 2.05) is 91.9 Å². The number of aromatic amines is 1. The van der Waals surface area contributed by atoms with E-state index >= 15 is 0 Å². The first-order valence-electron chi connectivity index (χ1n) is 13.7. The quantitative estimate of drug-likeness (QED) is 0.119. The molecule has 0 saturated carbocycles. The molecule has 2 aliphatic heterocycles. The van der Waals surface area contributed by atoms with Crippen LogP contribution in [0, 0.1) is 6.92 Å². The Morgan fingerprint density at radius 3 is 2.42 bits per heavy atom. The number of aromatic nitrogens is 4. The predicted octanol–water partition coefficient (Wildman–Crippen LogP) is 5.80. The summed E-state index contributed by atoms with van der Waals surface area (Å²) in [6.07, 6.45) is -0.629. The van der Waals surface area contributed by atoms with Crippen LogP contribution in [0.2, 0.25) is 0 Å². The number of β-lactam (4-membered cyclic amide) rings is 1. The standard InChI is InChI=1S/C31H26N6O3S3/c1-18-35-36-31(43-18)42-17-21-16-41-28-24(34-30-32-22-14-8-9-15-23(22)33-30)27(38)37(28)25(21)29(39)40-26(19-10-4-2-5-11-19)20-12-6-3-7-13-20/h2-15,24,26,28H,16-17H2,1H3,(H2,32,33,34)/t24-,28-/m1/s1. The normalized spacial score (nSPS) is 18.1. The molecule has 216 valence electrons. The molecule has 5 aromatic rings. The van der Waals surface area contributed by atoms with E-state index in [1.165, 1.54) is 23.1 Å². The van der Waals surface area contributed by atoms with Crippen molar-refractivity contribution in [3.05, 3.63) is 112 Å². The molecule has 0 unspecified atom stereocenters. The summed E-state index contributed by atoms with van der Waals surface area (Å²) in [7, 11) is 0. The van der Waals surface area contributed by atoms with Gasteiger partial charge in [0.25, 0.3) is 5.91 Å². The van der Waals surface area contributed by atoms with E-state index < -0.39 is 18.1 Å². The first-order chi connectivity index (χ1) is 21.0. The molecule has 1 saturated heterocycles. The van der Waals surface area contributed by atoms with Gasteiger partial charge in [-0.1, -0.05) is 95.9 Å². The molecule has 2 aromatic heterocycles. The van der Waals surface area contributed by atoms with Crippen molar-refractivity contribution in [2.24, 2.45) is 0 Å². The predicted molar refractivity (Wildman–Crippen MR) is 170 cm³/mol. The second-order valence-electron chi connectivity index (χ2n) is 10.1. The van der Waals surface area contributed by atoms with E-state index in [0.717, 1.165) is 37.1 Å². The number of nitrogens with one attached hydrogen (secondary N) is 2. The number of rotatable bonds is 9. The zero-order valence-corrected chi connectivity index (χ0v) is 25.4. The molecule has 7 rings (SSSR count). The lowest BCUT2D eigenvalue weighted by molar-refractivity contribution is -0.152. The third-order valence-corrected chi connectivity index (χ3v) is 10.6. The van der Waals surface area contributed by atoms with Crippen LogP contribution in [0.5, 0.6) is 0 Å². The van der Waals surface area contributed by atoms with Crippen molar-refractivity contribution in [1.29, 1.82) is 0 Å². The van der Waals surface area contributed by atoms with Crippen LogP contribution in [-0.4, -0.2) is 59.9 Å². The lowest BCUT2D eigenvalue weighted by atomic mass is 10.0. The third kappa shape index (κ3) is 5.53. The van der Waals surface area contributed by atoms with Crippen molar-refractivity contribution in [3.8, 4) is 0 Å². The van der Waals surface area contributed by atoms with Gasteiger partial charge >= 0.3 is 5.97 Å². The average Bonchev–Trinajstić information content (AvgIpc) is 3.66. The molecule has 2 N–H and O–H groups in total. The number of ether oxygens (including phenoxy) is 1. The molecule has 1 fully saturated rings. The third-order valence-electron chi connectivity index (χ3n) is 7.23. The van der Waals surface area contributed by atoms with Crippen LogP contribution >= 0.6 is 34.9 Å². The van der Waals surface area contributed by atoms with Gasteiger partial charge in [-0.2, -0.15) is 0 Å².